The van der Waals surface area contributed by atoms with Crippen LogP contribution in [0.1, 0.15) is 21.7 Å². The smallest absolute Gasteiger partial charge is 0.280 e. The second kappa shape index (κ2) is 7.42. The van der Waals surface area contributed by atoms with Crippen LogP contribution in [-0.4, -0.2) is 17.1 Å². The average Bonchev–Trinajstić information content (AvgIpc) is 3.37. The van der Waals surface area contributed by atoms with Crippen LogP contribution >= 0.6 is 11.3 Å². The van der Waals surface area contributed by atoms with Crippen molar-refractivity contribution >= 4 is 38.8 Å². The van der Waals surface area contributed by atoms with Gasteiger partial charge in [-0.25, -0.2) is 9.37 Å². The van der Waals surface area contributed by atoms with Crippen molar-refractivity contribution in [1.29, 1.82) is 5.26 Å². The Morgan fingerprint density at radius 2 is 2.07 bits per heavy atom. The number of halogens is 1. The van der Waals surface area contributed by atoms with Gasteiger partial charge in [-0.1, -0.05) is 11.3 Å². The van der Waals surface area contributed by atoms with Gasteiger partial charge in [-0.05, 0) is 54.6 Å². The quantitative estimate of drug-likeness (QED) is 0.377. The third kappa shape index (κ3) is 3.51. The van der Waals surface area contributed by atoms with Crippen molar-refractivity contribution in [2.45, 2.75) is 0 Å². The molecular weight excluding hydrogens is 379 g/mol. The number of carbonyl (C=O) groups is 1. The van der Waals surface area contributed by atoms with Crippen molar-refractivity contribution in [2.24, 2.45) is 5.10 Å². The summed E-state index contributed by atoms with van der Waals surface area (Å²) in [7, 11) is 0. The lowest BCUT2D eigenvalue weighted by molar-refractivity contribution is 0.0988. The molecule has 136 valence electrons. The number of benzene rings is 2. The number of fused-ring (bicyclic) bond motifs is 1. The summed E-state index contributed by atoms with van der Waals surface area (Å²) in [5.41, 5.74) is 1.34. The highest BCUT2D eigenvalue weighted by molar-refractivity contribution is 7.22. The van der Waals surface area contributed by atoms with Crippen molar-refractivity contribution < 1.29 is 13.6 Å². The molecule has 2 aromatic heterocycles. The Labute approximate surface area is 162 Å². The predicted molar refractivity (Wildman–Crippen MR) is 104 cm³/mol. The molecule has 1 amide bonds. The predicted octanol–water partition coefficient (Wildman–Crippen LogP) is 4.58. The first kappa shape index (κ1) is 17.6. The fourth-order valence-corrected chi connectivity index (χ4v) is 3.40. The molecule has 0 radical (unpaired) electrons. The number of thiazole rings is 1. The van der Waals surface area contributed by atoms with Gasteiger partial charge in [0.1, 0.15) is 11.6 Å². The number of rotatable bonds is 4. The summed E-state index contributed by atoms with van der Waals surface area (Å²) >= 11 is 1.14. The minimum absolute atomic E-state index is 0.290. The minimum Gasteiger partial charge on any atom is -0.463 e. The molecular formula is C20H11FN4O2S. The molecule has 0 aliphatic heterocycles. The van der Waals surface area contributed by atoms with Gasteiger partial charge in [0.05, 0.1) is 34.3 Å². The largest absolute Gasteiger partial charge is 0.463 e. The van der Waals surface area contributed by atoms with Gasteiger partial charge in [-0.2, -0.15) is 15.4 Å². The van der Waals surface area contributed by atoms with Gasteiger partial charge in [0, 0.05) is 5.56 Å². The number of anilines is 1. The number of carbonyl (C=O) groups excluding carboxylic acids is 1. The Hall–Kier alpha value is -3.83. The number of aromatic nitrogens is 1. The average molecular weight is 390 g/mol. The molecule has 0 N–H and O–H groups in total. The molecule has 6 nitrogen and oxygen atoms in total. The lowest BCUT2D eigenvalue weighted by Gasteiger charge is -2.13. The fraction of sp³-hybridized carbons (Fsp3) is 0. The van der Waals surface area contributed by atoms with Crippen molar-refractivity contribution in [1.82, 2.24) is 4.98 Å². The summed E-state index contributed by atoms with van der Waals surface area (Å²) in [6.45, 7) is 0. The number of nitrogens with zero attached hydrogens (tertiary/aromatic N) is 4. The van der Waals surface area contributed by atoms with Crippen LogP contribution < -0.4 is 5.01 Å². The van der Waals surface area contributed by atoms with Gasteiger partial charge in [0.2, 0.25) is 5.13 Å². The zero-order valence-electron chi connectivity index (χ0n) is 14.2. The van der Waals surface area contributed by atoms with Crippen LogP contribution in [0, 0.1) is 17.1 Å². The fourth-order valence-electron chi connectivity index (χ4n) is 2.45. The van der Waals surface area contributed by atoms with E-state index in [4.69, 9.17) is 9.68 Å². The molecule has 0 saturated heterocycles. The van der Waals surface area contributed by atoms with E-state index in [1.807, 2.05) is 6.07 Å². The summed E-state index contributed by atoms with van der Waals surface area (Å²) in [6, 6.07) is 15.8. The van der Waals surface area contributed by atoms with Crippen LogP contribution in [0.15, 0.2) is 70.4 Å². The number of hydrogen-bond acceptors (Lipinski definition) is 6. The number of hydrogen-bond donors (Lipinski definition) is 0. The first-order valence-electron chi connectivity index (χ1n) is 8.12. The molecule has 0 aliphatic carbocycles. The van der Waals surface area contributed by atoms with Crippen LogP contribution in [0.4, 0.5) is 9.52 Å². The van der Waals surface area contributed by atoms with E-state index >= 15 is 0 Å². The number of hydrazone groups is 1. The van der Waals surface area contributed by atoms with Crippen molar-refractivity contribution in [2.75, 3.05) is 5.01 Å². The summed E-state index contributed by atoms with van der Waals surface area (Å²) < 4.78 is 19.3. The minimum atomic E-state index is -0.438. The monoisotopic (exact) mass is 390 g/mol. The molecule has 0 bridgehead atoms. The van der Waals surface area contributed by atoms with E-state index in [1.54, 1.807) is 42.5 Å². The Balaban J connectivity index is 1.75. The topological polar surface area (TPSA) is 82.5 Å². The van der Waals surface area contributed by atoms with E-state index in [9.17, 15) is 9.18 Å². The van der Waals surface area contributed by atoms with E-state index < -0.39 is 5.91 Å². The maximum absolute atomic E-state index is 13.5. The van der Waals surface area contributed by atoms with Crippen LogP contribution in [0.5, 0.6) is 0 Å². The van der Waals surface area contributed by atoms with Crippen LogP contribution in [0.3, 0.4) is 0 Å². The summed E-state index contributed by atoms with van der Waals surface area (Å²) in [4.78, 5) is 17.4. The Bertz CT molecular complexity index is 1210. The van der Waals surface area contributed by atoms with Crippen LogP contribution in [0.2, 0.25) is 0 Å². The molecule has 0 spiro atoms. The van der Waals surface area contributed by atoms with Gasteiger partial charge in [0.15, 0.2) is 0 Å². The highest BCUT2D eigenvalue weighted by Crippen LogP contribution is 2.30. The molecule has 0 aliphatic rings. The molecule has 0 unspecified atom stereocenters. The molecule has 4 aromatic rings. The summed E-state index contributed by atoms with van der Waals surface area (Å²) in [6.07, 6.45) is 2.89. The van der Waals surface area contributed by atoms with E-state index in [2.05, 4.69) is 10.1 Å². The molecule has 2 aromatic carbocycles. The number of amides is 1. The summed E-state index contributed by atoms with van der Waals surface area (Å²) in [5, 5.41) is 14.6. The van der Waals surface area contributed by atoms with Crippen molar-refractivity contribution in [3.05, 3.63) is 83.6 Å². The SMILES string of the molecule is N#Cc1ccc(C(=O)N(/N=C/c2ccco2)c2nc3ccc(F)cc3s2)cc1. The van der Waals surface area contributed by atoms with E-state index in [0.717, 1.165) is 16.3 Å². The molecule has 8 heteroatoms. The first-order chi connectivity index (χ1) is 13.6. The lowest BCUT2D eigenvalue weighted by Crippen LogP contribution is -2.25. The van der Waals surface area contributed by atoms with Crippen LogP contribution in [-0.2, 0) is 0 Å². The maximum Gasteiger partial charge on any atom is 0.280 e. The van der Waals surface area contributed by atoms with Crippen molar-refractivity contribution in [3.8, 4) is 6.07 Å². The number of nitriles is 1. The molecule has 28 heavy (non-hydrogen) atoms. The number of furan rings is 1. The Morgan fingerprint density at radius 1 is 1.25 bits per heavy atom. The highest BCUT2D eigenvalue weighted by Gasteiger charge is 2.21. The molecule has 0 fully saturated rings. The third-order valence-electron chi connectivity index (χ3n) is 3.82. The molecule has 4 rings (SSSR count). The van der Waals surface area contributed by atoms with E-state index in [-0.39, 0.29) is 10.9 Å². The molecule has 2 heterocycles. The molecule has 0 saturated carbocycles. The van der Waals surface area contributed by atoms with Gasteiger partial charge in [-0.3, -0.25) is 4.79 Å². The second-order valence-electron chi connectivity index (χ2n) is 5.67. The second-order valence-corrected chi connectivity index (χ2v) is 6.68. The van der Waals surface area contributed by atoms with Gasteiger partial charge < -0.3 is 4.42 Å². The Morgan fingerprint density at radius 3 is 2.79 bits per heavy atom. The zero-order chi connectivity index (χ0) is 19.5. The van der Waals surface area contributed by atoms with Gasteiger partial charge >= 0.3 is 0 Å². The van der Waals surface area contributed by atoms with E-state index in [1.165, 1.54) is 24.6 Å². The third-order valence-corrected chi connectivity index (χ3v) is 4.81. The van der Waals surface area contributed by atoms with E-state index in [0.29, 0.717) is 27.1 Å². The first-order valence-corrected chi connectivity index (χ1v) is 8.94. The van der Waals surface area contributed by atoms with Crippen molar-refractivity contribution in [3.63, 3.8) is 0 Å². The summed E-state index contributed by atoms with van der Waals surface area (Å²) in [5.74, 6) is -0.358. The zero-order valence-corrected chi connectivity index (χ0v) is 15.1. The normalized spacial score (nSPS) is 11.0. The highest BCUT2D eigenvalue weighted by atomic mass is 32.1. The molecule has 0 atom stereocenters. The standard InChI is InChI=1S/C20H11FN4O2S/c21-15-7-8-17-18(10-15)28-20(24-17)25(23-12-16-2-1-9-27-16)19(26)14-5-3-13(11-22)4-6-14/h1-10,12H/b23-12+. The maximum atomic E-state index is 13.5. The van der Waals surface area contributed by atoms with Gasteiger partial charge in [0.25, 0.3) is 5.91 Å². The Kier molecular flexibility index (Phi) is 4.66. The van der Waals surface area contributed by atoms with Crippen LogP contribution in [0.25, 0.3) is 10.2 Å². The van der Waals surface area contributed by atoms with Gasteiger partial charge in [-0.15, -0.1) is 0 Å². The lowest BCUT2D eigenvalue weighted by atomic mass is 10.1.